The summed E-state index contributed by atoms with van der Waals surface area (Å²) in [5.74, 6) is 3.13. The molecule has 1 aliphatic carbocycles. The summed E-state index contributed by atoms with van der Waals surface area (Å²) in [5, 5.41) is 9.57. The lowest BCUT2D eigenvalue weighted by molar-refractivity contribution is 0.202. The maximum absolute atomic E-state index is 9.57. The second kappa shape index (κ2) is 5.93. The van der Waals surface area contributed by atoms with Crippen molar-refractivity contribution in [3.63, 3.8) is 0 Å². The van der Waals surface area contributed by atoms with Crippen LogP contribution in [0.3, 0.4) is 0 Å². The monoisotopic (exact) mass is 243 g/mol. The highest BCUT2D eigenvalue weighted by molar-refractivity contribution is 5.37. The fourth-order valence-corrected chi connectivity index (χ4v) is 2.83. The van der Waals surface area contributed by atoms with Gasteiger partial charge in [-0.25, -0.2) is 0 Å². The Kier molecular flexibility index (Phi) is 4.28. The summed E-state index contributed by atoms with van der Waals surface area (Å²) >= 11 is 0. The Labute approximate surface area is 110 Å². The van der Waals surface area contributed by atoms with Crippen LogP contribution in [0.25, 0.3) is 0 Å². The van der Waals surface area contributed by atoms with Crippen molar-refractivity contribution < 1.29 is 5.11 Å². The van der Waals surface area contributed by atoms with Crippen LogP contribution >= 0.6 is 0 Å². The summed E-state index contributed by atoms with van der Waals surface area (Å²) < 4.78 is 0. The molecule has 2 rings (SSSR count). The third kappa shape index (κ3) is 2.86. The highest BCUT2D eigenvalue weighted by Crippen LogP contribution is 2.27. The quantitative estimate of drug-likeness (QED) is 0.822. The number of terminal acetylenes is 1. The maximum atomic E-state index is 9.57. The number of nitrogens with zero attached hydrogens (tertiary/aromatic N) is 1. The molecule has 2 heteroatoms. The van der Waals surface area contributed by atoms with Crippen LogP contribution in [0.1, 0.15) is 30.9 Å². The first kappa shape index (κ1) is 13.0. The van der Waals surface area contributed by atoms with Gasteiger partial charge in [0.2, 0.25) is 0 Å². The maximum Gasteiger partial charge on any atom is 0.115 e. The first-order chi connectivity index (χ1) is 8.74. The van der Waals surface area contributed by atoms with Gasteiger partial charge < -0.3 is 5.11 Å². The first-order valence-corrected chi connectivity index (χ1v) is 6.73. The van der Waals surface area contributed by atoms with Crippen molar-refractivity contribution in [3.05, 3.63) is 29.3 Å². The van der Waals surface area contributed by atoms with E-state index in [0.29, 0.717) is 11.8 Å². The number of hydrogen-bond acceptors (Lipinski definition) is 2. The van der Waals surface area contributed by atoms with Gasteiger partial charge in [-0.3, -0.25) is 4.90 Å². The molecule has 0 bridgehead atoms. The van der Waals surface area contributed by atoms with E-state index < -0.39 is 0 Å². The first-order valence-electron chi connectivity index (χ1n) is 6.73. The lowest BCUT2D eigenvalue weighted by Gasteiger charge is -2.34. The standard InChI is InChI=1S/C16H21NO/c1-3-9-17(10-4-2)15-7-5-13-6-8-16(18)12-14(13)11-15/h1,6,8,12,15,18H,4-5,7,9-11H2,2H3/t15-/m1/s1. The largest absolute Gasteiger partial charge is 0.508 e. The van der Waals surface area contributed by atoms with Crippen LogP contribution in [-0.4, -0.2) is 29.1 Å². The van der Waals surface area contributed by atoms with E-state index in [0.717, 1.165) is 32.4 Å². The Hall–Kier alpha value is -1.46. The predicted octanol–water partition coefficient (Wildman–Crippen LogP) is 2.59. The molecule has 0 saturated carbocycles. The predicted molar refractivity (Wildman–Crippen MR) is 74.6 cm³/mol. The Morgan fingerprint density at radius 1 is 1.44 bits per heavy atom. The summed E-state index contributed by atoms with van der Waals surface area (Å²) in [6.07, 6.45) is 9.84. The fraction of sp³-hybridized carbons (Fsp3) is 0.500. The van der Waals surface area contributed by atoms with Crippen molar-refractivity contribution in [2.24, 2.45) is 0 Å². The molecule has 0 radical (unpaired) electrons. The van der Waals surface area contributed by atoms with Crippen molar-refractivity contribution >= 4 is 0 Å². The number of benzene rings is 1. The minimum Gasteiger partial charge on any atom is -0.508 e. The average molecular weight is 243 g/mol. The van der Waals surface area contributed by atoms with Crippen LogP contribution in [0.5, 0.6) is 5.75 Å². The number of fused-ring (bicyclic) bond motifs is 1. The van der Waals surface area contributed by atoms with Gasteiger partial charge in [-0.15, -0.1) is 6.42 Å². The highest BCUT2D eigenvalue weighted by atomic mass is 16.3. The number of phenolic OH excluding ortho intramolecular Hbond substituents is 1. The Morgan fingerprint density at radius 3 is 3.00 bits per heavy atom. The second-order valence-electron chi connectivity index (χ2n) is 5.02. The molecule has 1 aliphatic rings. The number of aryl methyl sites for hydroxylation is 1. The number of hydrogen-bond donors (Lipinski definition) is 1. The minimum absolute atomic E-state index is 0.369. The molecule has 0 heterocycles. The van der Waals surface area contributed by atoms with E-state index in [2.05, 4.69) is 17.7 Å². The third-order valence-corrected chi connectivity index (χ3v) is 3.71. The number of aromatic hydroxyl groups is 1. The summed E-state index contributed by atoms with van der Waals surface area (Å²) in [6, 6.07) is 6.26. The Morgan fingerprint density at radius 2 is 2.28 bits per heavy atom. The Balaban J connectivity index is 2.12. The molecule has 0 fully saturated rings. The highest BCUT2D eigenvalue weighted by Gasteiger charge is 2.23. The zero-order chi connectivity index (χ0) is 13.0. The molecule has 1 N–H and O–H groups in total. The summed E-state index contributed by atoms with van der Waals surface area (Å²) in [7, 11) is 0. The van der Waals surface area contributed by atoms with Gasteiger partial charge in [-0.2, -0.15) is 0 Å². The molecule has 0 saturated heterocycles. The third-order valence-electron chi connectivity index (χ3n) is 3.71. The van der Waals surface area contributed by atoms with Gasteiger partial charge in [0.25, 0.3) is 0 Å². The lowest BCUT2D eigenvalue weighted by atomic mass is 9.87. The molecule has 0 aromatic heterocycles. The molecule has 2 nitrogen and oxygen atoms in total. The van der Waals surface area contributed by atoms with Gasteiger partial charge in [0.05, 0.1) is 6.54 Å². The van der Waals surface area contributed by atoms with E-state index in [4.69, 9.17) is 6.42 Å². The summed E-state index contributed by atoms with van der Waals surface area (Å²) in [4.78, 5) is 2.40. The van der Waals surface area contributed by atoms with Crippen molar-refractivity contribution in [2.75, 3.05) is 13.1 Å². The van der Waals surface area contributed by atoms with E-state index in [1.54, 1.807) is 6.07 Å². The van der Waals surface area contributed by atoms with Gasteiger partial charge in [-0.1, -0.05) is 18.9 Å². The lowest BCUT2D eigenvalue weighted by Crippen LogP contribution is -2.40. The molecule has 0 spiro atoms. The van der Waals surface area contributed by atoms with E-state index >= 15 is 0 Å². The summed E-state index contributed by atoms with van der Waals surface area (Å²) in [6.45, 7) is 3.97. The van der Waals surface area contributed by atoms with Crippen LogP contribution in [0.15, 0.2) is 18.2 Å². The molecule has 0 aliphatic heterocycles. The topological polar surface area (TPSA) is 23.5 Å². The number of phenols is 1. The molecule has 1 aromatic carbocycles. The molecule has 1 aromatic rings. The van der Waals surface area contributed by atoms with E-state index in [9.17, 15) is 5.11 Å². The zero-order valence-electron chi connectivity index (χ0n) is 11.0. The summed E-state index contributed by atoms with van der Waals surface area (Å²) in [5.41, 5.74) is 2.66. The van der Waals surface area contributed by atoms with E-state index in [1.807, 2.05) is 12.1 Å². The van der Waals surface area contributed by atoms with Crippen molar-refractivity contribution in [1.82, 2.24) is 4.90 Å². The SMILES string of the molecule is C#CCN(CCC)[C@@H]1CCc2ccc(O)cc2C1. The van der Waals surface area contributed by atoms with E-state index in [-0.39, 0.29) is 0 Å². The van der Waals surface area contributed by atoms with E-state index in [1.165, 1.54) is 17.5 Å². The molecule has 1 atom stereocenters. The van der Waals surface area contributed by atoms with Crippen LogP contribution in [0.4, 0.5) is 0 Å². The molecular formula is C16H21NO. The van der Waals surface area contributed by atoms with Crippen LogP contribution < -0.4 is 0 Å². The van der Waals surface area contributed by atoms with Gasteiger partial charge in [0.15, 0.2) is 0 Å². The fourth-order valence-electron chi connectivity index (χ4n) is 2.83. The minimum atomic E-state index is 0.369. The molecule has 0 amide bonds. The van der Waals surface area contributed by atoms with Gasteiger partial charge >= 0.3 is 0 Å². The van der Waals surface area contributed by atoms with Crippen molar-refractivity contribution in [2.45, 2.75) is 38.6 Å². The molecular weight excluding hydrogens is 222 g/mol. The van der Waals surface area contributed by atoms with Crippen molar-refractivity contribution in [3.8, 4) is 18.1 Å². The smallest absolute Gasteiger partial charge is 0.115 e. The van der Waals surface area contributed by atoms with Crippen LogP contribution in [0, 0.1) is 12.3 Å². The molecule has 18 heavy (non-hydrogen) atoms. The van der Waals surface area contributed by atoms with Crippen molar-refractivity contribution in [1.29, 1.82) is 0 Å². The average Bonchev–Trinajstić information content (AvgIpc) is 2.37. The van der Waals surface area contributed by atoms with Crippen LogP contribution in [0.2, 0.25) is 0 Å². The van der Waals surface area contributed by atoms with Gasteiger partial charge in [0, 0.05) is 6.04 Å². The zero-order valence-corrected chi connectivity index (χ0v) is 11.0. The normalized spacial score (nSPS) is 18.4. The van der Waals surface area contributed by atoms with Gasteiger partial charge in [-0.05, 0) is 55.5 Å². The van der Waals surface area contributed by atoms with Gasteiger partial charge in [0.1, 0.15) is 5.75 Å². The molecule has 0 unspecified atom stereocenters. The second-order valence-corrected chi connectivity index (χ2v) is 5.02. The molecule has 96 valence electrons. The van der Waals surface area contributed by atoms with Crippen LogP contribution in [-0.2, 0) is 12.8 Å². The number of rotatable bonds is 4. The Bertz CT molecular complexity index is 447.